The van der Waals surface area contributed by atoms with Crippen LogP contribution in [0.4, 0.5) is 16.2 Å². The predicted octanol–water partition coefficient (Wildman–Crippen LogP) is 2.44. The number of nitrogens with zero attached hydrogens (tertiary/aromatic N) is 2. The molecule has 7 heteroatoms. The summed E-state index contributed by atoms with van der Waals surface area (Å²) in [4.78, 5) is 26.6. The Morgan fingerprint density at radius 2 is 1.48 bits per heavy atom. The second kappa shape index (κ2) is 7.12. The molecular formula is C18H19N3O4. The Kier molecular flexibility index (Phi) is 4.74. The van der Waals surface area contributed by atoms with E-state index in [1.165, 1.54) is 17.0 Å². The van der Waals surface area contributed by atoms with Gasteiger partial charge in [0.15, 0.2) is 0 Å². The van der Waals surface area contributed by atoms with Crippen molar-refractivity contribution in [3.05, 3.63) is 54.1 Å². The maximum absolute atomic E-state index is 12.1. The number of anilines is 2. The van der Waals surface area contributed by atoms with E-state index >= 15 is 0 Å². The van der Waals surface area contributed by atoms with Crippen molar-refractivity contribution in [1.82, 2.24) is 4.90 Å². The van der Waals surface area contributed by atoms with E-state index in [1.807, 2.05) is 24.3 Å². The van der Waals surface area contributed by atoms with Crippen molar-refractivity contribution >= 4 is 23.4 Å². The zero-order chi connectivity index (χ0) is 17.8. The Morgan fingerprint density at radius 1 is 0.880 bits per heavy atom. The number of phenolic OH excluding ortho intramolecular Hbond substituents is 1. The van der Waals surface area contributed by atoms with Gasteiger partial charge in [0, 0.05) is 43.1 Å². The lowest BCUT2D eigenvalue weighted by atomic mass is 10.2. The summed E-state index contributed by atoms with van der Waals surface area (Å²) in [6.07, 6.45) is -0.882. The number of benzene rings is 2. The van der Waals surface area contributed by atoms with Crippen LogP contribution in [-0.4, -0.2) is 53.3 Å². The van der Waals surface area contributed by atoms with E-state index in [2.05, 4.69) is 10.2 Å². The molecule has 0 radical (unpaired) electrons. The quantitative estimate of drug-likeness (QED) is 0.797. The third kappa shape index (κ3) is 4.00. The van der Waals surface area contributed by atoms with Crippen molar-refractivity contribution in [2.75, 3.05) is 36.4 Å². The van der Waals surface area contributed by atoms with E-state index in [1.54, 1.807) is 12.1 Å². The fourth-order valence-corrected chi connectivity index (χ4v) is 2.73. The second-order valence-corrected chi connectivity index (χ2v) is 5.80. The highest BCUT2D eigenvalue weighted by atomic mass is 16.4. The standard InChI is InChI=1S/C18H19N3O4/c22-16-7-1-13(2-8-16)17(23)19-14-3-5-15(6-4-14)20-9-11-21(12-10-20)18(24)25/h1-8,22H,9-12H2,(H,19,23)(H,24,25). The first kappa shape index (κ1) is 16.6. The van der Waals surface area contributed by atoms with Gasteiger partial charge in [0.25, 0.3) is 5.91 Å². The molecule has 7 nitrogen and oxygen atoms in total. The zero-order valence-corrected chi connectivity index (χ0v) is 13.6. The predicted molar refractivity (Wildman–Crippen MR) is 94.3 cm³/mol. The number of carbonyl (C=O) groups is 2. The summed E-state index contributed by atoms with van der Waals surface area (Å²) in [6.45, 7) is 2.25. The van der Waals surface area contributed by atoms with Crippen molar-refractivity contribution in [3.63, 3.8) is 0 Å². The Labute approximate surface area is 145 Å². The number of phenols is 1. The third-order valence-corrected chi connectivity index (χ3v) is 4.17. The monoisotopic (exact) mass is 341 g/mol. The molecule has 0 bridgehead atoms. The van der Waals surface area contributed by atoms with Crippen LogP contribution in [0.1, 0.15) is 10.4 Å². The Hall–Kier alpha value is -3.22. The maximum Gasteiger partial charge on any atom is 0.407 e. The summed E-state index contributed by atoms with van der Waals surface area (Å²) >= 11 is 0. The van der Waals surface area contributed by atoms with E-state index in [0.29, 0.717) is 37.4 Å². The van der Waals surface area contributed by atoms with E-state index in [9.17, 15) is 14.7 Å². The lowest BCUT2D eigenvalue weighted by Crippen LogP contribution is -2.48. The number of carbonyl (C=O) groups excluding carboxylic acids is 1. The molecule has 0 aliphatic carbocycles. The van der Waals surface area contributed by atoms with Gasteiger partial charge in [0.2, 0.25) is 0 Å². The van der Waals surface area contributed by atoms with E-state index in [0.717, 1.165) is 5.69 Å². The lowest BCUT2D eigenvalue weighted by Gasteiger charge is -2.34. The average Bonchev–Trinajstić information content (AvgIpc) is 2.63. The first-order valence-electron chi connectivity index (χ1n) is 7.96. The molecule has 0 spiro atoms. The molecule has 1 saturated heterocycles. The number of hydrogen-bond donors (Lipinski definition) is 3. The molecule has 2 aromatic rings. The van der Waals surface area contributed by atoms with Gasteiger partial charge in [0.05, 0.1) is 0 Å². The normalized spacial score (nSPS) is 14.2. The molecular weight excluding hydrogens is 322 g/mol. The molecule has 25 heavy (non-hydrogen) atoms. The van der Waals surface area contributed by atoms with E-state index < -0.39 is 6.09 Å². The van der Waals surface area contributed by atoms with Gasteiger partial charge in [-0.2, -0.15) is 0 Å². The molecule has 1 fully saturated rings. The fourth-order valence-electron chi connectivity index (χ4n) is 2.73. The van der Waals surface area contributed by atoms with Crippen LogP contribution in [0, 0.1) is 0 Å². The molecule has 0 atom stereocenters. The van der Waals surface area contributed by atoms with Crippen LogP contribution >= 0.6 is 0 Å². The number of piperazine rings is 1. The van der Waals surface area contributed by atoms with Gasteiger partial charge in [-0.1, -0.05) is 0 Å². The SMILES string of the molecule is O=C(Nc1ccc(N2CCN(C(=O)O)CC2)cc1)c1ccc(O)cc1. The van der Waals surface area contributed by atoms with Gasteiger partial charge in [-0.25, -0.2) is 4.79 Å². The summed E-state index contributed by atoms with van der Waals surface area (Å²) in [5, 5.41) is 21.0. The van der Waals surface area contributed by atoms with Gasteiger partial charge in [0.1, 0.15) is 5.75 Å². The second-order valence-electron chi connectivity index (χ2n) is 5.80. The molecule has 1 heterocycles. The molecule has 0 aromatic heterocycles. The van der Waals surface area contributed by atoms with Crippen LogP contribution in [0.25, 0.3) is 0 Å². The molecule has 3 rings (SSSR count). The number of aromatic hydroxyl groups is 1. The van der Waals surface area contributed by atoms with E-state index in [4.69, 9.17) is 5.11 Å². The Balaban J connectivity index is 1.60. The minimum absolute atomic E-state index is 0.115. The van der Waals surface area contributed by atoms with Crippen molar-refractivity contribution < 1.29 is 19.8 Å². The van der Waals surface area contributed by atoms with Crippen LogP contribution in [0.3, 0.4) is 0 Å². The Bertz CT molecular complexity index is 751. The van der Waals surface area contributed by atoms with Crippen molar-refractivity contribution in [2.45, 2.75) is 0 Å². The minimum Gasteiger partial charge on any atom is -0.508 e. The van der Waals surface area contributed by atoms with Crippen LogP contribution in [0.15, 0.2) is 48.5 Å². The van der Waals surface area contributed by atoms with Crippen LogP contribution in [-0.2, 0) is 0 Å². The molecule has 3 N–H and O–H groups in total. The molecule has 1 aliphatic rings. The third-order valence-electron chi connectivity index (χ3n) is 4.17. The van der Waals surface area contributed by atoms with Gasteiger partial charge in [-0.3, -0.25) is 4.79 Å². The molecule has 130 valence electrons. The number of nitrogens with one attached hydrogen (secondary N) is 1. The number of rotatable bonds is 3. The van der Waals surface area contributed by atoms with Gasteiger partial charge in [-0.15, -0.1) is 0 Å². The molecule has 1 aliphatic heterocycles. The molecule has 2 aromatic carbocycles. The average molecular weight is 341 g/mol. The number of carboxylic acid groups (broad SMARTS) is 1. The summed E-state index contributed by atoms with van der Waals surface area (Å²) in [5.41, 5.74) is 2.13. The maximum atomic E-state index is 12.1. The topological polar surface area (TPSA) is 93.1 Å². The molecule has 2 amide bonds. The van der Waals surface area contributed by atoms with Gasteiger partial charge < -0.3 is 25.3 Å². The van der Waals surface area contributed by atoms with Gasteiger partial charge >= 0.3 is 6.09 Å². The number of amides is 2. The van der Waals surface area contributed by atoms with Crippen molar-refractivity contribution in [2.24, 2.45) is 0 Å². The smallest absolute Gasteiger partial charge is 0.407 e. The van der Waals surface area contributed by atoms with E-state index in [-0.39, 0.29) is 11.7 Å². The van der Waals surface area contributed by atoms with Crippen molar-refractivity contribution in [3.8, 4) is 5.75 Å². The fraction of sp³-hybridized carbons (Fsp3) is 0.222. The number of hydrogen-bond acceptors (Lipinski definition) is 4. The first-order valence-corrected chi connectivity index (χ1v) is 7.96. The molecule has 0 saturated carbocycles. The lowest BCUT2D eigenvalue weighted by molar-refractivity contribution is 0.102. The molecule has 0 unspecified atom stereocenters. The summed E-state index contributed by atoms with van der Waals surface area (Å²) < 4.78 is 0. The highest BCUT2D eigenvalue weighted by molar-refractivity contribution is 6.04. The Morgan fingerprint density at radius 3 is 2.04 bits per heavy atom. The van der Waals surface area contributed by atoms with Gasteiger partial charge in [-0.05, 0) is 48.5 Å². The van der Waals surface area contributed by atoms with Crippen LogP contribution in [0.2, 0.25) is 0 Å². The first-order chi connectivity index (χ1) is 12.0. The highest BCUT2D eigenvalue weighted by Gasteiger charge is 2.20. The summed E-state index contributed by atoms with van der Waals surface area (Å²) in [6, 6.07) is 13.5. The van der Waals surface area contributed by atoms with Crippen LogP contribution in [0.5, 0.6) is 5.75 Å². The summed E-state index contributed by atoms with van der Waals surface area (Å²) in [7, 11) is 0. The largest absolute Gasteiger partial charge is 0.508 e. The summed E-state index contributed by atoms with van der Waals surface area (Å²) in [5.74, 6) is -0.133. The minimum atomic E-state index is -0.882. The zero-order valence-electron chi connectivity index (χ0n) is 13.6. The van der Waals surface area contributed by atoms with Crippen molar-refractivity contribution in [1.29, 1.82) is 0 Å². The highest BCUT2D eigenvalue weighted by Crippen LogP contribution is 2.20. The van der Waals surface area contributed by atoms with Crippen LogP contribution < -0.4 is 10.2 Å².